The number of hydrogen-bond donors (Lipinski definition) is 1. The number of rotatable bonds is 16. The van der Waals surface area contributed by atoms with Gasteiger partial charge in [-0.05, 0) is 76.3 Å². The SMILES string of the molecule is COC(=O)C1CCCN1C(=O)CC(OC(=O)C1CCCN1C(=O)C1CCCN1C(=O)C(C(C)C)N(C)C(=O)C(NC(=O)C(C(C)C)N(C)C)C(C)C)C(C)C. The number of methoxy groups -OCH3 is 1. The molecule has 3 fully saturated rings. The van der Waals surface area contributed by atoms with E-state index in [1.807, 2.05) is 74.4 Å². The van der Waals surface area contributed by atoms with Crippen molar-refractivity contribution in [1.29, 1.82) is 0 Å². The Hall–Kier alpha value is -3.75. The molecule has 15 heteroatoms. The highest BCUT2D eigenvalue weighted by Crippen LogP contribution is 2.29. The number of nitrogens with zero attached hydrogens (tertiary/aromatic N) is 5. The number of carbonyl (C=O) groups is 7. The predicted molar refractivity (Wildman–Crippen MR) is 206 cm³/mol. The Morgan fingerprint density at radius 2 is 1.16 bits per heavy atom. The molecule has 3 aliphatic heterocycles. The van der Waals surface area contributed by atoms with Crippen molar-refractivity contribution in [3.05, 3.63) is 0 Å². The second-order valence-corrected chi connectivity index (χ2v) is 17.1. The largest absolute Gasteiger partial charge is 0.467 e. The lowest BCUT2D eigenvalue weighted by atomic mass is 9.96. The fourth-order valence-electron chi connectivity index (χ4n) is 8.44. The first-order valence-electron chi connectivity index (χ1n) is 20.2. The van der Waals surface area contributed by atoms with Crippen molar-refractivity contribution in [1.82, 2.24) is 29.8 Å². The highest BCUT2D eigenvalue weighted by Gasteiger charge is 2.47. The first-order chi connectivity index (χ1) is 25.7. The van der Waals surface area contributed by atoms with Crippen molar-refractivity contribution in [2.24, 2.45) is 23.7 Å². The van der Waals surface area contributed by atoms with Crippen molar-refractivity contribution in [3.8, 4) is 0 Å². The van der Waals surface area contributed by atoms with E-state index in [-0.39, 0.29) is 59.6 Å². The average Bonchev–Trinajstić information content (AvgIpc) is 3.90. The van der Waals surface area contributed by atoms with E-state index in [9.17, 15) is 33.6 Å². The zero-order valence-corrected chi connectivity index (χ0v) is 35.3. The first-order valence-corrected chi connectivity index (χ1v) is 20.2. The van der Waals surface area contributed by atoms with Crippen LogP contribution in [0.3, 0.4) is 0 Å². The van der Waals surface area contributed by atoms with Crippen molar-refractivity contribution < 1.29 is 43.0 Å². The van der Waals surface area contributed by atoms with Crippen LogP contribution in [0.2, 0.25) is 0 Å². The topological polar surface area (TPSA) is 166 Å². The van der Waals surface area contributed by atoms with Crippen LogP contribution in [0.4, 0.5) is 0 Å². The Labute approximate surface area is 328 Å². The quantitative estimate of drug-likeness (QED) is 0.230. The van der Waals surface area contributed by atoms with Crippen molar-refractivity contribution in [2.75, 3.05) is 47.9 Å². The monoisotopic (exact) mass is 777 g/mol. The minimum atomic E-state index is -0.896. The third-order valence-corrected chi connectivity index (χ3v) is 11.4. The molecular weight excluding hydrogens is 708 g/mol. The summed E-state index contributed by atoms with van der Waals surface area (Å²) in [5.41, 5.74) is 0. The molecule has 0 radical (unpaired) electrons. The van der Waals surface area contributed by atoms with Gasteiger partial charge in [-0.1, -0.05) is 55.4 Å². The first kappa shape index (κ1) is 45.6. The van der Waals surface area contributed by atoms with E-state index in [4.69, 9.17) is 9.47 Å². The molecular formula is C40H68N6O9. The Kier molecular flexibility index (Phi) is 16.5. The van der Waals surface area contributed by atoms with E-state index in [1.54, 1.807) is 11.9 Å². The lowest BCUT2D eigenvalue weighted by Crippen LogP contribution is -2.61. The molecule has 3 saturated heterocycles. The fraction of sp³-hybridized carbons (Fsp3) is 0.825. The van der Waals surface area contributed by atoms with Gasteiger partial charge < -0.3 is 34.4 Å². The summed E-state index contributed by atoms with van der Waals surface area (Å²) in [4.78, 5) is 103. The van der Waals surface area contributed by atoms with Crippen molar-refractivity contribution in [3.63, 3.8) is 0 Å². The number of carbonyl (C=O) groups excluding carboxylic acids is 7. The summed E-state index contributed by atoms with van der Waals surface area (Å²) in [5.74, 6) is -3.46. The minimum absolute atomic E-state index is 0.00497. The van der Waals surface area contributed by atoms with E-state index in [0.717, 1.165) is 0 Å². The van der Waals surface area contributed by atoms with Gasteiger partial charge in [0.2, 0.25) is 29.5 Å². The predicted octanol–water partition coefficient (Wildman–Crippen LogP) is 2.30. The molecule has 3 heterocycles. The normalized spacial score (nSPS) is 22.3. The van der Waals surface area contributed by atoms with Crippen LogP contribution in [-0.2, 0) is 43.0 Å². The summed E-state index contributed by atoms with van der Waals surface area (Å²) in [7, 11) is 6.51. The fourth-order valence-corrected chi connectivity index (χ4v) is 8.44. The molecule has 0 bridgehead atoms. The lowest BCUT2D eigenvalue weighted by molar-refractivity contribution is -0.164. The average molecular weight is 777 g/mol. The molecule has 0 aromatic heterocycles. The summed E-state index contributed by atoms with van der Waals surface area (Å²) in [6.07, 6.45) is 2.29. The molecule has 5 amide bonds. The van der Waals surface area contributed by atoms with Gasteiger partial charge in [0.1, 0.15) is 36.3 Å². The van der Waals surface area contributed by atoms with Crippen molar-refractivity contribution >= 4 is 41.5 Å². The molecule has 7 unspecified atom stereocenters. The molecule has 1 N–H and O–H groups in total. The van der Waals surface area contributed by atoms with E-state index < -0.39 is 54.3 Å². The van der Waals surface area contributed by atoms with Gasteiger partial charge in [0.25, 0.3) is 0 Å². The van der Waals surface area contributed by atoms with Gasteiger partial charge in [0, 0.05) is 26.7 Å². The number of likely N-dealkylation sites (N-methyl/N-ethyl adjacent to an activating group) is 2. The van der Waals surface area contributed by atoms with Gasteiger partial charge in [-0.2, -0.15) is 0 Å². The maximum Gasteiger partial charge on any atom is 0.329 e. The van der Waals surface area contributed by atoms with Gasteiger partial charge in [-0.3, -0.25) is 28.9 Å². The molecule has 55 heavy (non-hydrogen) atoms. The van der Waals surface area contributed by atoms with Crippen LogP contribution in [0.15, 0.2) is 0 Å². The molecule has 3 aliphatic rings. The van der Waals surface area contributed by atoms with Crippen molar-refractivity contribution in [2.45, 2.75) is 143 Å². The van der Waals surface area contributed by atoms with Crippen LogP contribution >= 0.6 is 0 Å². The third-order valence-electron chi connectivity index (χ3n) is 11.4. The van der Waals surface area contributed by atoms with Gasteiger partial charge in [0.15, 0.2) is 0 Å². The summed E-state index contributed by atoms with van der Waals surface area (Å²) in [6.45, 7) is 16.1. The molecule has 0 aromatic carbocycles. The van der Waals surface area contributed by atoms with Crippen LogP contribution in [0.5, 0.6) is 0 Å². The highest BCUT2D eigenvalue weighted by atomic mass is 16.5. The molecule has 0 aromatic rings. The van der Waals surface area contributed by atoms with E-state index in [0.29, 0.717) is 58.2 Å². The molecule has 0 spiro atoms. The van der Waals surface area contributed by atoms with E-state index >= 15 is 0 Å². The maximum absolute atomic E-state index is 14.4. The second-order valence-electron chi connectivity index (χ2n) is 17.1. The third kappa shape index (κ3) is 10.8. The Morgan fingerprint density at radius 3 is 1.65 bits per heavy atom. The number of esters is 2. The molecule has 3 rings (SSSR count). The molecule has 0 saturated carbocycles. The molecule has 312 valence electrons. The summed E-state index contributed by atoms with van der Waals surface area (Å²) in [5, 5.41) is 2.95. The Balaban J connectivity index is 1.75. The van der Waals surface area contributed by atoms with Gasteiger partial charge in [0.05, 0.1) is 19.6 Å². The number of nitrogens with one attached hydrogen (secondary N) is 1. The van der Waals surface area contributed by atoms with Gasteiger partial charge in [-0.25, -0.2) is 9.59 Å². The zero-order valence-electron chi connectivity index (χ0n) is 35.3. The Bertz CT molecular complexity index is 1390. The van der Waals surface area contributed by atoms with Gasteiger partial charge >= 0.3 is 11.9 Å². The number of amides is 5. The summed E-state index contributed by atoms with van der Waals surface area (Å²) < 4.78 is 10.8. The molecule has 7 atom stereocenters. The summed E-state index contributed by atoms with van der Waals surface area (Å²) >= 11 is 0. The second kappa shape index (κ2) is 19.9. The maximum atomic E-state index is 14.4. The smallest absolute Gasteiger partial charge is 0.329 e. The highest BCUT2D eigenvalue weighted by molar-refractivity contribution is 5.96. The lowest BCUT2D eigenvalue weighted by Gasteiger charge is -2.38. The van der Waals surface area contributed by atoms with Crippen LogP contribution in [0, 0.1) is 23.7 Å². The number of likely N-dealkylation sites (tertiary alicyclic amines) is 3. The van der Waals surface area contributed by atoms with Crippen LogP contribution in [0.1, 0.15) is 100 Å². The zero-order chi connectivity index (χ0) is 41.5. The molecule has 0 aliphatic carbocycles. The number of ether oxygens (including phenoxy) is 2. The minimum Gasteiger partial charge on any atom is -0.467 e. The standard InChI is InChI=1S/C40H68N6O9/c1-23(2)30(22-31(47)44-19-14-17-28(44)39(52)54-12)55-40(53)29-18-15-21-46(29)36(49)27-16-13-20-45(27)38(51)34(26(7)8)43(11)37(50)32(24(3)4)41-35(48)33(25(5)6)42(9)10/h23-30,32-34H,13-22H2,1-12H3,(H,41,48). The number of hydrogen-bond acceptors (Lipinski definition) is 10. The van der Waals surface area contributed by atoms with Crippen LogP contribution in [0.25, 0.3) is 0 Å². The van der Waals surface area contributed by atoms with Gasteiger partial charge in [-0.15, -0.1) is 0 Å². The van der Waals surface area contributed by atoms with Crippen LogP contribution < -0.4 is 5.32 Å². The van der Waals surface area contributed by atoms with Crippen LogP contribution in [-0.4, -0.2) is 156 Å². The van der Waals surface area contributed by atoms with E-state index in [1.165, 1.54) is 21.8 Å². The molecule has 15 nitrogen and oxygen atoms in total. The van der Waals surface area contributed by atoms with E-state index in [2.05, 4.69) is 5.32 Å². The Morgan fingerprint density at radius 1 is 0.655 bits per heavy atom. The summed E-state index contributed by atoms with van der Waals surface area (Å²) in [6, 6.07) is -4.54.